The highest BCUT2D eigenvalue weighted by Gasteiger charge is 2.26. The Morgan fingerprint density at radius 1 is 1.36 bits per heavy atom. The Balaban J connectivity index is 1.62. The minimum absolute atomic E-state index is 0.106. The molecule has 2 aromatic rings. The average Bonchev–Trinajstić information content (AvgIpc) is 3.01. The molecule has 0 unspecified atom stereocenters. The first-order valence-corrected chi connectivity index (χ1v) is 7.82. The maximum atomic E-state index is 12.1. The van der Waals surface area contributed by atoms with Crippen LogP contribution in [0.4, 0.5) is 5.82 Å². The van der Waals surface area contributed by atoms with E-state index < -0.39 is 0 Å². The third kappa shape index (κ3) is 3.03. The van der Waals surface area contributed by atoms with Crippen molar-refractivity contribution in [2.24, 2.45) is 11.8 Å². The van der Waals surface area contributed by atoms with Gasteiger partial charge in [-0.15, -0.1) is 0 Å². The molecule has 0 spiro atoms. The Bertz CT molecular complexity index is 644. The molecule has 22 heavy (non-hydrogen) atoms. The van der Waals surface area contributed by atoms with Crippen molar-refractivity contribution in [1.29, 1.82) is 0 Å². The van der Waals surface area contributed by atoms with Crippen molar-refractivity contribution >= 4 is 22.9 Å². The van der Waals surface area contributed by atoms with E-state index in [1.807, 2.05) is 0 Å². The van der Waals surface area contributed by atoms with Crippen LogP contribution < -0.4 is 10.2 Å². The number of imidazole rings is 1. The van der Waals surface area contributed by atoms with Crippen LogP contribution in [0.2, 0.25) is 0 Å². The molecule has 1 saturated heterocycles. The van der Waals surface area contributed by atoms with E-state index in [4.69, 9.17) is 0 Å². The molecular weight excluding hydrogens is 280 g/mol. The van der Waals surface area contributed by atoms with Crippen LogP contribution in [0.15, 0.2) is 12.7 Å². The number of aromatic nitrogens is 4. The van der Waals surface area contributed by atoms with Crippen molar-refractivity contribution in [3.8, 4) is 0 Å². The molecule has 3 heterocycles. The van der Waals surface area contributed by atoms with E-state index in [9.17, 15) is 4.79 Å². The van der Waals surface area contributed by atoms with E-state index in [1.165, 1.54) is 0 Å². The van der Waals surface area contributed by atoms with Gasteiger partial charge in [0.25, 0.3) is 0 Å². The largest absolute Gasteiger partial charge is 0.356 e. The van der Waals surface area contributed by atoms with Crippen molar-refractivity contribution in [2.75, 3.05) is 24.5 Å². The van der Waals surface area contributed by atoms with E-state index >= 15 is 0 Å². The van der Waals surface area contributed by atoms with Crippen LogP contribution in [0.1, 0.15) is 26.7 Å². The number of H-pyrrole nitrogens is 1. The molecule has 2 aromatic heterocycles. The van der Waals surface area contributed by atoms with Gasteiger partial charge in [0, 0.05) is 25.6 Å². The normalized spacial score (nSPS) is 16.4. The van der Waals surface area contributed by atoms with Gasteiger partial charge in [-0.1, -0.05) is 13.8 Å². The maximum absolute atomic E-state index is 12.1. The zero-order valence-electron chi connectivity index (χ0n) is 13.0. The number of carbonyl (C=O) groups is 1. The van der Waals surface area contributed by atoms with Crippen molar-refractivity contribution in [3.63, 3.8) is 0 Å². The fourth-order valence-corrected chi connectivity index (χ4v) is 2.79. The van der Waals surface area contributed by atoms with Gasteiger partial charge in [-0.25, -0.2) is 15.0 Å². The van der Waals surface area contributed by atoms with Crippen LogP contribution in [-0.4, -0.2) is 45.5 Å². The smallest absolute Gasteiger partial charge is 0.223 e. The second kappa shape index (κ2) is 6.29. The van der Waals surface area contributed by atoms with Gasteiger partial charge in [0.1, 0.15) is 11.8 Å². The highest BCUT2D eigenvalue weighted by Crippen LogP contribution is 2.25. The topological polar surface area (TPSA) is 86.8 Å². The molecule has 0 atom stereocenters. The van der Waals surface area contributed by atoms with Crippen LogP contribution in [-0.2, 0) is 4.79 Å². The van der Waals surface area contributed by atoms with Crippen molar-refractivity contribution < 1.29 is 4.79 Å². The molecule has 118 valence electrons. The summed E-state index contributed by atoms with van der Waals surface area (Å²) in [7, 11) is 0. The summed E-state index contributed by atoms with van der Waals surface area (Å²) >= 11 is 0. The third-order valence-corrected chi connectivity index (χ3v) is 4.05. The lowest BCUT2D eigenvalue weighted by molar-refractivity contribution is -0.125. The summed E-state index contributed by atoms with van der Waals surface area (Å²) in [6.07, 6.45) is 4.88. The standard InChI is InChI=1S/C15H22N6O/c1-10(2)7-16-15(22)11-3-5-21(6-4-11)14-12-13(18-8-17-12)19-9-20-14/h8-11H,3-7H2,1-2H3,(H,16,22)(H,17,18,19,20). The number of amides is 1. The van der Waals surface area contributed by atoms with E-state index in [1.54, 1.807) is 12.7 Å². The second-order valence-electron chi connectivity index (χ2n) is 6.20. The number of nitrogens with zero attached hydrogens (tertiary/aromatic N) is 4. The molecule has 1 fully saturated rings. The molecule has 0 saturated carbocycles. The average molecular weight is 302 g/mol. The second-order valence-corrected chi connectivity index (χ2v) is 6.20. The first-order valence-electron chi connectivity index (χ1n) is 7.82. The summed E-state index contributed by atoms with van der Waals surface area (Å²) in [5, 5.41) is 3.03. The van der Waals surface area contributed by atoms with Crippen LogP contribution in [0, 0.1) is 11.8 Å². The van der Waals surface area contributed by atoms with Gasteiger partial charge < -0.3 is 15.2 Å². The zero-order valence-corrected chi connectivity index (χ0v) is 13.0. The lowest BCUT2D eigenvalue weighted by Gasteiger charge is -2.32. The maximum Gasteiger partial charge on any atom is 0.223 e. The number of aromatic amines is 1. The molecule has 7 nitrogen and oxygen atoms in total. The SMILES string of the molecule is CC(C)CNC(=O)C1CCN(c2ncnc3nc[nH]c23)CC1. The highest BCUT2D eigenvalue weighted by molar-refractivity contribution is 5.83. The van der Waals surface area contributed by atoms with Crippen molar-refractivity contribution in [2.45, 2.75) is 26.7 Å². The highest BCUT2D eigenvalue weighted by atomic mass is 16.1. The van der Waals surface area contributed by atoms with Crippen LogP contribution in [0.25, 0.3) is 11.2 Å². The molecule has 1 aliphatic rings. The van der Waals surface area contributed by atoms with E-state index in [2.05, 4.69) is 44.0 Å². The molecule has 2 N–H and O–H groups in total. The van der Waals surface area contributed by atoms with E-state index in [0.717, 1.165) is 43.8 Å². The van der Waals surface area contributed by atoms with Gasteiger partial charge in [0.2, 0.25) is 5.91 Å². The Kier molecular flexibility index (Phi) is 4.22. The number of fused-ring (bicyclic) bond motifs is 1. The van der Waals surface area contributed by atoms with Gasteiger partial charge in [-0.3, -0.25) is 4.79 Å². The quantitative estimate of drug-likeness (QED) is 0.890. The monoisotopic (exact) mass is 302 g/mol. The van der Waals surface area contributed by atoms with E-state index in [-0.39, 0.29) is 11.8 Å². The minimum Gasteiger partial charge on any atom is -0.356 e. The Morgan fingerprint density at radius 2 is 2.14 bits per heavy atom. The summed E-state index contributed by atoms with van der Waals surface area (Å²) in [4.78, 5) is 30.1. The minimum atomic E-state index is 0.106. The molecule has 0 radical (unpaired) electrons. The van der Waals surface area contributed by atoms with E-state index in [0.29, 0.717) is 11.6 Å². The molecule has 1 aliphatic heterocycles. The number of hydrogen-bond donors (Lipinski definition) is 2. The van der Waals surface area contributed by atoms with Gasteiger partial charge in [0.15, 0.2) is 11.5 Å². The fraction of sp³-hybridized carbons (Fsp3) is 0.600. The molecule has 0 aliphatic carbocycles. The van der Waals surface area contributed by atoms with Gasteiger partial charge >= 0.3 is 0 Å². The number of nitrogens with one attached hydrogen (secondary N) is 2. The first-order chi connectivity index (χ1) is 10.6. The Morgan fingerprint density at radius 3 is 2.86 bits per heavy atom. The summed E-state index contributed by atoms with van der Waals surface area (Å²) < 4.78 is 0. The number of hydrogen-bond acceptors (Lipinski definition) is 5. The first kappa shape index (κ1) is 14.7. The van der Waals surface area contributed by atoms with Gasteiger partial charge in [-0.05, 0) is 18.8 Å². The molecular formula is C15H22N6O. The summed E-state index contributed by atoms with van der Waals surface area (Å²) in [6.45, 7) is 6.61. The predicted octanol–water partition coefficient (Wildman–Crippen LogP) is 1.34. The lowest BCUT2D eigenvalue weighted by atomic mass is 9.95. The fourth-order valence-electron chi connectivity index (χ4n) is 2.79. The molecule has 0 aromatic carbocycles. The summed E-state index contributed by atoms with van der Waals surface area (Å²) in [6, 6.07) is 0. The predicted molar refractivity (Wildman–Crippen MR) is 84.5 cm³/mol. The molecule has 0 bridgehead atoms. The number of anilines is 1. The van der Waals surface area contributed by atoms with Crippen LogP contribution in [0.3, 0.4) is 0 Å². The number of piperidine rings is 1. The van der Waals surface area contributed by atoms with Crippen LogP contribution in [0.5, 0.6) is 0 Å². The zero-order chi connectivity index (χ0) is 15.5. The third-order valence-electron chi connectivity index (χ3n) is 4.05. The lowest BCUT2D eigenvalue weighted by Crippen LogP contribution is -2.41. The summed E-state index contributed by atoms with van der Waals surface area (Å²) in [5.41, 5.74) is 1.55. The summed E-state index contributed by atoms with van der Waals surface area (Å²) in [5.74, 6) is 1.65. The molecule has 3 rings (SSSR count). The Hall–Kier alpha value is -2.18. The van der Waals surface area contributed by atoms with Gasteiger partial charge in [-0.2, -0.15) is 0 Å². The number of rotatable bonds is 4. The number of carbonyl (C=O) groups excluding carboxylic acids is 1. The molecule has 7 heteroatoms. The van der Waals surface area contributed by atoms with Crippen molar-refractivity contribution in [3.05, 3.63) is 12.7 Å². The Labute approximate surface area is 129 Å². The van der Waals surface area contributed by atoms with Crippen LogP contribution >= 0.6 is 0 Å². The van der Waals surface area contributed by atoms with Gasteiger partial charge in [0.05, 0.1) is 6.33 Å². The van der Waals surface area contributed by atoms with Crippen molar-refractivity contribution in [1.82, 2.24) is 25.3 Å². The molecule has 1 amide bonds.